The third-order valence-electron chi connectivity index (χ3n) is 2.59. The van der Waals surface area contributed by atoms with Crippen LogP contribution in [0.3, 0.4) is 0 Å². The number of aliphatic hydroxyl groups excluding tert-OH is 1. The summed E-state index contributed by atoms with van der Waals surface area (Å²) in [6.07, 6.45) is -1.14. The Morgan fingerprint density at radius 3 is 2.33 bits per heavy atom. The highest BCUT2D eigenvalue weighted by Gasteiger charge is 2.34. The summed E-state index contributed by atoms with van der Waals surface area (Å²) in [5.41, 5.74) is -0.514. The minimum atomic E-state index is -2.30. The highest BCUT2D eigenvalue weighted by molar-refractivity contribution is 4.84. The van der Waals surface area contributed by atoms with E-state index in [9.17, 15) is 8.78 Å². The van der Waals surface area contributed by atoms with Crippen molar-refractivity contribution in [2.45, 2.75) is 25.7 Å². The molecule has 2 N–H and O–H groups in total. The van der Waals surface area contributed by atoms with Crippen molar-refractivity contribution in [2.24, 2.45) is 5.41 Å². The van der Waals surface area contributed by atoms with Crippen molar-refractivity contribution < 1.29 is 13.9 Å². The van der Waals surface area contributed by atoms with Gasteiger partial charge in [-0.3, -0.25) is 0 Å². The van der Waals surface area contributed by atoms with Gasteiger partial charge in [0.2, 0.25) is 6.43 Å². The number of alkyl halides is 2. The molecule has 1 saturated heterocycles. The molecule has 1 rings (SSSR count). The predicted molar refractivity (Wildman–Crippen MR) is 42.2 cm³/mol. The van der Waals surface area contributed by atoms with E-state index in [-0.39, 0.29) is 13.0 Å². The maximum absolute atomic E-state index is 12.1. The van der Waals surface area contributed by atoms with Gasteiger partial charge in [0.25, 0.3) is 0 Å². The van der Waals surface area contributed by atoms with Crippen LogP contribution in [-0.2, 0) is 0 Å². The molecule has 0 aromatic rings. The summed E-state index contributed by atoms with van der Waals surface area (Å²) in [5.74, 6) is 0. The molecule has 4 heteroatoms. The summed E-state index contributed by atoms with van der Waals surface area (Å²) in [5, 5.41) is 12.1. The van der Waals surface area contributed by atoms with Crippen LogP contribution in [0.25, 0.3) is 0 Å². The van der Waals surface area contributed by atoms with Gasteiger partial charge in [-0.2, -0.15) is 0 Å². The van der Waals surface area contributed by atoms with Crippen molar-refractivity contribution in [1.29, 1.82) is 0 Å². The average Bonchev–Trinajstić information content (AvgIpc) is 2.05. The Balaban J connectivity index is 2.48. The second-order valence-electron chi connectivity index (χ2n) is 3.50. The van der Waals surface area contributed by atoms with Crippen LogP contribution in [0.1, 0.15) is 19.3 Å². The van der Waals surface area contributed by atoms with Crippen molar-refractivity contribution in [1.82, 2.24) is 5.32 Å². The Hall–Kier alpha value is -0.220. The second kappa shape index (κ2) is 4.14. The van der Waals surface area contributed by atoms with E-state index in [1.165, 1.54) is 0 Å². The van der Waals surface area contributed by atoms with Crippen LogP contribution in [-0.4, -0.2) is 31.2 Å². The first-order chi connectivity index (χ1) is 5.68. The number of halogens is 2. The number of rotatable bonds is 3. The first-order valence-electron chi connectivity index (χ1n) is 4.28. The van der Waals surface area contributed by atoms with E-state index in [1.54, 1.807) is 0 Å². The maximum atomic E-state index is 12.1. The molecule has 1 heterocycles. The number of hydrogen-bond donors (Lipinski definition) is 2. The van der Waals surface area contributed by atoms with E-state index in [0.29, 0.717) is 12.8 Å². The van der Waals surface area contributed by atoms with Gasteiger partial charge < -0.3 is 10.4 Å². The first-order valence-corrected chi connectivity index (χ1v) is 4.28. The number of aliphatic hydroxyl groups is 1. The van der Waals surface area contributed by atoms with E-state index in [2.05, 4.69) is 5.32 Å². The van der Waals surface area contributed by atoms with Crippen molar-refractivity contribution >= 4 is 0 Å². The molecule has 1 aliphatic heterocycles. The van der Waals surface area contributed by atoms with Crippen LogP contribution in [0.4, 0.5) is 8.78 Å². The van der Waals surface area contributed by atoms with Crippen molar-refractivity contribution in [2.75, 3.05) is 19.7 Å². The molecule has 1 aliphatic rings. The Morgan fingerprint density at radius 2 is 1.92 bits per heavy atom. The molecule has 0 aliphatic carbocycles. The van der Waals surface area contributed by atoms with E-state index in [1.807, 2.05) is 0 Å². The smallest absolute Gasteiger partial charge is 0.239 e. The molecule has 0 bridgehead atoms. The Labute approximate surface area is 71.0 Å². The van der Waals surface area contributed by atoms with Gasteiger partial charge in [0.1, 0.15) is 0 Å². The summed E-state index contributed by atoms with van der Waals surface area (Å²) in [6, 6.07) is 0. The molecule has 0 aromatic carbocycles. The van der Waals surface area contributed by atoms with E-state index in [4.69, 9.17) is 5.11 Å². The topological polar surface area (TPSA) is 32.3 Å². The zero-order valence-electron chi connectivity index (χ0n) is 7.02. The van der Waals surface area contributed by atoms with Crippen LogP contribution in [0.2, 0.25) is 0 Å². The van der Waals surface area contributed by atoms with Gasteiger partial charge in [0.15, 0.2) is 0 Å². The lowest BCUT2D eigenvalue weighted by atomic mass is 9.77. The molecule has 0 saturated carbocycles. The van der Waals surface area contributed by atoms with E-state index in [0.717, 1.165) is 13.1 Å². The molecule has 0 spiro atoms. The molecule has 2 nitrogen and oxygen atoms in total. The first kappa shape index (κ1) is 9.86. The third-order valence-corrected chi connectivity index (χ3v) is 2.59. The predicted octanol–water partition coefficient (Wildman–Crippen LogP) is 1.00. The third kappa shape index (κ3) is 2.38. The van der Waals surface area contributed by atoms with Crippen LogP contribution >= 0.6 is 0 Å². The van der Waals surface area contributed by atoms with Gasteiger partial charge in [0, 0.05) is 18.4 Å². The lowest BCUT2D eigenvalue weighted by molar-refractivity contribution is 0.0130. The molecular weight excluding hydrogens is 164 g/mol. The minimum absolute atomic E-state index is 0.112. The van der Waals surface area contributed by atoms with Crippen molar-refractivity contribution in [3.63, 3.8) is 0 Å². The molecule has 0 radical (unpaired) electrons. The van der Waals surface area contributed by atoms with E-state index < -0.39 is 11.8 Å². The van der Waals surface area contributed by atoms with Gasteiger partial charge in [-0.25, -0.2) is 8.78 Å². The Bertz CT molecular complexity index is 135. The molecule has 72 valence electrons. The lowest BCUT2D eigenvalue weighted by Crippen LogP contribution is -2.40. The average molecular weight is 179 g/mol. The van der Waals surface area contributed by atoms with E-state index >= 15 is 0 Å². The standard InChI is InChI=1S/C8H15F2NO/c9-7(10)5-8(6-12)1-3-11-4-2-8/h7,11-12H,1-6H2. The molecule has 0 aromatic heterocycles. The quantitative estimate of drug-likeness (QED) is 0.677. The minimum Gasteiger partial charge on any atom is -0.396 e. The summed E-state index contributed by atoms with van der Waals surface area (Å²) >= 11 is 0. The largest absolute Gasteiger partial charge is 0.396 e. The van der Waals surface area contributed by atoms with Gasteiger partial charge in [0.05, 0.1) is 0 Å². The highest BCUT2D eigenvalue weighted by Crippen LogP contribution is 2.34. The molecule has 1 fully saturated rings. The summed E-state index contributed by atoms with van der Waals surface area (Å²) in [4.78, 5) is 0. The maximum Gasteiger partial charge on any atom is 0.239 e. The highest BCUT2D eigenvalue weighted by atomic mass is 19.3. The van der Waals surface area contributed by atoms with Crippen LogP contribution in [0.5, 0.6) is 0 Å². The molecule has 0 atom stereocenters. The molecule has 0 amide bonds. The Morgan fingerprint density at radius 1 is 1.33 bits per heavy atom. The molecular formula is C8H15F2NO. The summed E-state index contributed by atoms with van der Waals surface area (Å²) < 4.78 is 24.2. The fourth-order valence-corrected chi connectivity index (χ4v) is 1.71. The second-order valence-corrected chi connectivity index (χ2v) is 3.50. The number of piperidine rings is 1. The SMILES string of the molecule is OCC1(CC(F)F)CCNCC1. The summed E-state index contributed by atoms with van der Waals surface area (Å²) in [6.45, 7) is 1.37. The number of nitrogens with one attached hydrogen (secondary N) is 1. The van der Waals surface area contributed by atoms with Crippen LogP contribution < -0.4 is 5.32 Å². The van der Waals surface area contributed by atoms with Gasteiger partial charge in [-0.05, 0) is 25.9 Å². The monoisotopic (exact) mass is 179 g/mol. The van der Waals surface area contributed by atoms with Gasteiger partial charge >= 0.3 is 0 Å². The fourth-order valence-electron chi connectivity index (χ4n) is 1.71. The zero-order valence-corrected chi connectivity index (χ0v) is 7.02. The van der Waals surface area contributed by atoms with Crippen LogP contribution in [0, 0.1) is 5.41 Å². The summed E-state index contributed by atoms with van der Waals surface area (Å²) in [7, 11) is 0. The van der Waals surface area contributed by atoms with Gasteiger partial charge in [-0.15, -0.1) is 0 Å². The van der Waals surface area contributed by atoms with Crippen molar-refractivity contribution in [3.8, 4) is 0 Å². The van der Waals surface area contributed by atoms with Gasteiger partial charge in [-0.1, -0.05) is 0 Å². The van der Waals surface area contributed by atoms with Crippen molar-refractivity contribution in [3.05, 3.63) is 0 Å². The molecule has 12 heavy (non-hydrogen) atoms. The normalized spacial score (nSPS) is 23.0. The fraction of sp³-hybridized carbons (Fsp3) is 1.00. The zero-order chi connectivity index (χ0) is 9.03. The molecule has 0 unspecified atom stereocenters. The number of hydrogen-bond acceptors (Lipinski definition) is 2. The van der Waals surface area contributed by atoms with Crippen LogP contribution in [0.15, 0.2) is 0 Å². The Kier molecular flexibility index (Phi) is 3.40. The lowest BCUT2D eigenvalue weighted by Gasteiger charge is -2.35.